The molecule has 0 radical (unpaired) electrons. The number of nitrogens with one attached hydrogen (secondary N) is 1. The summed E-state index contributed by atoms with van der Waals surface area (Å²) in [5.74, 6) is 1.39. The number of rotatable bonds is 6. The highest BCUT2D eigenvalue weighted by molar-refractivity contribution is 5.79. The van der Waals surface area contributed by atoms with Crippen LogP contribution in [-0.2, 0) is 4.79 Å². The molecule has 0 saturated carbocycles. The summed E-state index contributed by atoms with van der Waals surface area (Å²) in [6, 6.07) is 15.7. The first-order chi connectivity index (χ1) is 13.1. The van der Waals surface area contributed by atoms with Crippen LogP contribution in [0.3, 0.4) is 0 Å². The lowest BCUT2D eigenvalue weighted by molar-refractivity contribution is -0.132. The van der Waals surface area contributed by atoms with E-state index in [1.165, 1.54) is 0 Å². The van der Waals surface area contributed by atoms with E-state index in [0.29, 0.717) is 5.75 Å². The molecule has 3 rings (SSSR count). The smallest absolute Gasteiger partial charge is 0.312 e. The molecule has 2 aromatic rings. The number of hydrogen-bond acceptors (Lipinski definition) is 3. The Balaban J connectivity index is 1.74. The summed E-state index contributed by atoms with van der Waals surface area (Å²) >= 11 is 0. The molecule has 1 unspecified atom stereocenters. The molecule has 3 N–H and O–H groups in total. The highest BCUT2D eigenvalue weighted by Crippen LogP contribution is 2.26. The van der Waals surface area contributed by atoms with Crippen molar-refractivity contribution in [2.75, 3.05) is 13.1 Å². The number of para-hydroxylation sites is 1. The summed E-state index contributed by atoms with van der Waals surface area (Å²) in [5.41, 5.74) is 6.13. The highest BCUT2D eigenvalue weighted by Gasteiger charge is 2.23. The van der Waals surface area contributed by atoms with Crippen LogP contribution in [0.4, 0.5) is 4.79 Å². The molecule has 0 aliphatic carbocycles. The summed E-state index contributed by atoms with van der Waals surface area (Å²) in [4.78, 5) is 26.0. The van der Waals surface area contributed by atoms with Crippen molar-refractivity contribution in [2.24, 2.45) is 5.73 Å². The third kappa shape index (κ3) is 5.48. The standard InChI is InChI=1S/C21H25N3O3/c22-21(26)23-19(15-20(25)24-12-5-2-6-13-24)16-8-7-11-18(14-16)27-17-9-3-1-4-10-17/h1,3-4,7-11,14,19H,2,5-6,12-13,15H2,(H3,22,23,26). The average molecular weight is 367 g/mol. The van der Waals surface area contributed by atoms with Crippen molar-refractivity contribution in [2.45, 2.75) is 31.7 Å². The summed E-state index contributed by atoms with van der Waals surface area (Å²) in [5, 5.41) is 2.69. The second-order valence-corrected chi connectivity index (χ2v) is 6.69. The molecule has 6 heteroatoms. The fourth-order valence-electron chi connectivity index (χ4n) is 3.29. The Morgan fingerprint density at radius 1 is 1.00 bits per heavy atom. The topological polar surface area (TPSA) is 84.7 Å². The summed E-state index contributed by atoms with van der Waals surface area (Å²) in [7, 11) is 0. The van der Waals surface area contributed by atoms with Gasteiger partial charge in [-0.25, -0.2) is 4.79 Å². The Labute approximate surface area is 159 Å². The lowest BCUT2D eigenvalue weighted by Crippen LogP contribution is -2.40. The first-order valence-corrected chi connectivity index (χ1v) is 9.28. The van der Waals surface area contributed by atoms with Gasteiger partial charge in [0.05, 0.1) is 12.5 Å². The maximum absolute atomic E-state index is 12.6. The monoisotopic (exact) mass is 367 g/mol. The van der Waals surface area contributed by atoms with Gasteiger partial charge < -0.3 is 20.7 Å². The van der Waals surface area contributed by atoms with Crippen LogP contribution >= 0.6 is 0 Å². The molecule has 142 valence electrons. The van der Waals surface area contributed by atoms with Crippen LogP contribution in [0.5, 0.6) is 11.5 Å². The number of carbonyl (C=O) groups excluding carboxylic acids is 2. The number of primary amides is 1. The number of piperidine rings is 1. The molecular formula is C21H25N3O3. The largest absolute Gasteiger partial charge is 0.457 e. The Morgan fingerprint density at radius 2 is 1.70 bits per heavy atom. The number of amides is 3. The van der Waals surface area contributed by atoms with Crippen molar-refractivity contribution in [1.29, 1.82) is 0 Å². The minimum Gasteiger partial charge on any atom is -0.457 e. The molecular weight excluding hydrogens is 342 g/mol. The van der Waals surface area contributed by atoms with E-state index < -0.39 is 12.1 Å². The lowest BCUT2D eigenvalue weighted by atomic mass is 10.0. The molecule has 27 heavy (non-hydrogen) atoms. The SMILES string of the molecule is NC(=O)NC(CC(=O)N1CCCCC1)c1cccc(Oc2ccccc2)c1. The fourth-order valence-corrected chi connectivity index (χ4v) is 3.29. The van der Waals surface area contributed by atoms with Gasteiger partial charge in [0.25, 0.3) is 0 Å². The number of ether oxygens (including phenoxy) is 1. The molecule has 1 saturated heterocycles. The van der Waals surface area contributed by atoms with E-state index in [1.54, 1.807) is 0 Å². The molecule has 2 aromatic carbocycles. The fraction of sp³-hybridized carbons (Fsp3) is 0.333. The number of nitrogens with two attached hydrogens (primary N) is 1. The first-order valence-electron chi connectivity index (χ1n) is 9.28. The third-order valence-corrected chi connectivity index (χ3v) is 4.64. The van der Waals surface area contributed by atoms with Crippen molar-refractivity contribution in [3.63, 3.8) is 0 Å². The zero-order valence-corrected chi connectivity index (χ0v) is 15.3. The molecule has 0 aromatic heterocycles. The quantitative estimate of drug-likeness (QED) is 0.818. The van der Waals surface area contributed by atoms with Gasteiger partial charge in [-0.2, -0.15) is 0 Å². The van der Waals surface area contributed by atoms with Crippen molar-refractivity contribution >= 4 is 11.9 Å². The average Bonchev–Trinajstić information content (AvgIpc) is 2.69. The van der Waals surface area contributed by atoms with E-state index in [0.717, 1.165) is 43.7 Å². The van der Waals surface area contributed by atoms with Crippen LogP contribution in [0.25, 0.3) is 0 Å². The third-order valence-electron chi connectivity index (χ3n) is 4.64. The Hall–Kier alpha value is -3.02. The van der Waals surface area contributed by atoms with E-state index in [1.807, 2.05) is 59.5 Å². The summed E-state index contributed by atoms with van der Waals surface area (Å²) in [6.07, 6.45) is 3.39. The number of nitrogens with zero attached hydrogens (tertiary/aromatic N) is 1. The van der Waals surface area contributed by atoms with Crippen LogP contribution < -0.4 is 15.8 Å². The summed E-state index contributed by atoms with van der Waals surface area (Å²) in [6.45, 7) is 1.55. The van der Waals surface area contributed by atoms with Gasteiger partial charge in [0.1, 0.15) is 11.5 Å². The number of benzene rings is 2. The van der Waals surface area contributed by atoms with Crippen molar-refractivity contribution < 1.29 is 14.3 Å². The van der Waals surface area contributed by atoms with Crippen LogP contribution in [0.15, 0.2) is 54.6 Å². The van der Waals surface area contributed by atoms with Crippen LogP contribution in [0.2, 0.25) is 0 Å². The van der Waals surface area contributed by atoms with Gasteiger partial charge in [-0.05, 0) is 49.1 Å². The van der Waals surface area contributed by atoms with Crippen molar-refractivity contribution in [1.82, 2.24) is 10.2 Å². The van der Waals surface area contributed by atoms with E-state index in [-0.39, 0.29) is 12.3 Å². The number of hydrogen-bond donors (Lipinski definition) is 2. The van der Waals surface area contributed by atoms with Gasteiger partial charge in [0.2, 0.25) is 5.91 Å². The zero-order valence-electron chi connectivity index (χ0n) is 15.3. The second-order valence-electron chi connectivity index (χ2n) is 6.69. The molecule has 1 heterocycles. The van der Waals surface area contributed by atoms with Crippen LogP contribution in [0, 0.1) is 0 Å². The zero-order chi connectivity index (χ0) is 19.1. The predicted molar refractivity (Wildman–Crippen MR) is 103 cm³/mol. The van der Waals surface area contributed by atoms with Gasteiger partial charge in [-0.15, -0.1) is 0 Å². The minimum absolute atomic E-state index is 0.0304. The van der Waals surface area contributed by atoms with Gasteiger partial charge in [-0.1, -0.05) is 30.3 Å². The van der Waals surface area contributed by atoms with Crippen molar-refractivity contribution in [3.05, 3.63) is 60.2 Å². The second kappa shape index (κ2) is 9.07. The van der Waals surface area contributed by atoms with Crippen LogP contribution in [0.1, 0.15) is 37.3 Å². The first kappa shape index (κ1) is 18.8. The molecule has 1 atom stereocenters. The van der Waals surface area contributed by atoms with Crippen molar-refractivity contribution in [3.8, 4) is 11.5 Å². The molecule has 0 bridgehead atoms. The number of carbonyl (C=O) groups is 2. The Morgan fingerprint density at radius 3 is 2.41 bits per heavy atom. The van der Waals surface area contributed by atoms with Gasteiger partial charge in [0, 0.05) is 13.1 Å². The normalized spacial score (nSPS) is 15.0. The number of likely N-dealkylation sites (tertiary alicyclic amines) is 1. The lowest BCUT2D eigenvalue weighted by Gasteiger charge is -2.28. The molecule has 6 nitrogen and oxygen atoms in total. The van der Waals surface area contributed by atoms with Crippen LogP contribution in [-0.4, -0.2) is 29.9 Å². The number of urea groups is 1. The maximum Gasteiger partial charge on any atom is 0.312 e. The van der Waals surface area contributed by atoms with E-state index in [9.17, 15) is 9.59 Å². The van der Waals surface area contributed by atoms with E-state index in [2.05, 4.69) is 5.32 Å². The predicted octanol–water partition coefficient (Wildman–Crippen LogP) is 3.59. The van der Waals surface area contributed by atoms with E-state index >= 15 is 0 Å². The van der Waals surface area contributed by atoms with E-state index in [4.69, 9.17) is 10.5 Å². The highest BCUT2D eigenvalue weighted by atomic mass is 16.5. The van der Waals surface area contributed by atoms with Gasteiger partial charge in [-0.3, -0.25) is 4.79 Å². The maximum atomic E-state index is 12.6. The Bertz CT molecular complexity index is 773. The Kier molecular flexibility index (Phi) is 6.30. The summed E-state index contributed by atoms with van der Waals surface area (Å²) < 4.78 is 5.86. The minimum atomic E-state index is -0.652. The van der Waals surface area contributed by atoms with Gasteiger partial charge in [0.15, 0.2) is 0 Å². The van der Waals surface area contributed by atoms with Gasteiger partial charge >= 0.3 is 6.03 Å². The molecule has 1 aliphatic rings. The molecule has 1 aliphatic heterocycles. The molecule has 0 spiro atoms. The molecule has 3 amide bonds. The molecule has 1 fully saturated rings.